The van der Waals surface area contributed by atoms with E-state index in [0.29, 0.717) is 37.5 Å². The van der Waals surface area contributed by atoms with Crippen LogP contribution in [0.15, 0.2) is 0 Å². The number of ether oxygens (including phenoxy) is 2. The highest BCUT2D eigenvalue weighted by Gasteiger charge is 2.48. The minimum Gasteiger partial charge on any atom is -0.480 e. The maximum Gasteiger partial charge on any atom is 0.407 e. The van der Waals surface area contributed by atoms with Crippen molar-refractivity contribution in [2.75, 3.05) is 45.9 Å². The summed E-state index contributed by atoms with van der Waals surface area (Å²) in [6.07, 6.45) is 4.25. The van der Waals surface area contributed by atoms with Gasteiger partial charge in [-0.25, -0.2) is 4.79 Å². The first-order valence-corrected chi connectivity index (χ1v) is 12.0. The summed E-state index contributed by atoms with van der Waals surface area (Å²) < 4.78 is 10.4. The molecule has 2 N–H and O–H groups in total. The van der Waals surface area contributed by atoms with Crippen molar-refractivity contribution in [3.05, 3.63) is 0 Å². The highest BCUT2D eigenvalue weighted by molar-refractivity contribution is 5.77. The number of alkyl carbamates (subject to hydrolysis) is 1. The number of nitrogens with one attached hydrogen (secondary N) is 1. The number of carbonyl (C=O) groups excluding carboxylic acids is 3. The number of carbonyl (C=O) groups is 4. The zero-order chi connectivity index (χ0) is 24.4. The molecular formula is C23H39N3O7. The molecule has 1 aliphatic carbocycles. The van der Waals surface area contributed by atoms with Gasteiger partial charge < -0.3 is 24.8 Å². The lowest BCUT2D eigenvalue weighted by atomic mass is 10.1. The zero-order valence-electron chi connectivity index (χ0n) is 20.1. The quantitative estimate of drug-likeness (QED) is 0.391. The predicted octanol–water partition coefficient (Wildman–Crippen LogP) is 1.73. The molecule has 0 spiro atoms. The van der Waals surface area contributed by atoms with Gasteiger partial charge in [-0.05, 0) is 17.8 Å². The van der Waals surface area contributed by atoms with Gasteiger partial charge in [0.05, 0.1) is 19.2 Å². The topological polar surface area (TPSA) is 125 Å². The molecule has 33 heavy (non-hydrogen) atoms. The Morgan fingerprint density at radius 3 is 2.21 bits per heavy atom. The van der Waals surface area contributed by atoms with Gasteiger partial charge in [0.25, 0.3) is 0 Å². The molecule has 1 saturated carbocycles. The first-order valence-electron chi connectivity index (χ1n) is 12.0. The largest absolute Gasteiger partial charge is 0.480 e. The molecule has 2 fully saturated rings. The Morgan fingerprint density at radius 2 is 1.64 bits per heavy atom. The molecule has 1 heterocycles. The Hall–Kier alpha value is -2.36. The van der Waals surface area contributed by atoms with Gasteiger partial charge in [0.1, 0.15) is 6.61 Å². The average molecular weight is 470 g/mol. The predicted molar refractivity (Wildman–Crippen MR) is 120 cm³/mol. The first kappa shape index (κ1) is 26.9. The minimum absolute atomic E-state index is 0.0240. The van der Waals surface area contributed by atoms with E-state index in [-0.39, 0.29) is 44.6 Å². The SMILES string of the molecule is CCC[C@@H]1C(COC(=O)NCCC(=O)N2CCN(CC(=O)O)C(COC(C)=O)C2)[C@@H]1CCC. The molecule has 2 aliphatic rings. The van der Waals surface area contributed by atoms with Gasteiger partial charge in [-0.2, -0.15) is 0 Å². The van der Waals surface area contributed by atoms with Gasteiger partial charge in [0.15, 0.2) is 0 Å². The molecule has 0 aromatic rings. The third-order valence-electron chi connectivity index (χ3n) is 6.54. The summed E-state index contributed by atoms with van der Waals surface area (Å²) in [5, 5.41) is 11.7. The summed E-state index contributed by atoms with van der Waals surface area (Å²) >= 11 is 0. The van der Waals surface area contributed by atoms with Crippen LogP contribution in [0, 0.1) is 17.8 Å². The number of carboxylic acid groups (broad SMARTS) is 1. The van der Waals surface area contributed by atoms with Crippen molar-refractivity contribution in [3.8, 4) is 0 Å². The summed E-state index contributed by atoms with van der Waals surface area (Å²) in [5.74, 6) is 0.191. The number of aliphatic carboxylic acids is 1. The van der Waals surface area contributed by atoms with Gasteiger partial charge in [0, 0.05) is 39.5 Å². The maximum absolute atomic E-state index is 12.6. The lowest BCUT2D eigenvalue weighted by Gasteiger charge is -2.40. The van der Waals surface area contributed by atoms with Crippen molar-refractivity contribution in [3.63, 3.8) is 0 Å². The van der Waals surface area contributed by atoms with E-state index in [1.807, 2.05) is 0 Å². The Balaban J connectivity index is 1.71. The van der Waals surface area contributed by atoms with Gasteiger partial charge in [-0.3, -0.25) is 19.3 Å². The van der Waals surface area contributed by atoms with Crippen molar-refractivity contribution < 1.29 is 33.8 Å². The molecule has 1 aliphatic heterocycles. The molecule has 1 saturated heterocycles. The van der Waals surface area contributed by atoms with Crippen molar-refractivity contribution >= 4 is 23.9 Å². The summed E-state index contributed by atoms with van der Waals surface area (Å²) in [5.41, 5.74) is 0. The summed E-state index contributed by atoms with van der Waals surface area (Å²) in [6, 6.07) is -0.383. The van der Waals surface area contributed by atoms with Gasteiger partial charge >= 0.3 is 18.0 Å². The molecule has 0 radical (unpaired) electrons. The van der Waals surface area contributed by atoms with Crippen molar-refractivity contribution in [2.45, 2.75) is 58.9 Å². The average Bonchev–Trinajstić information content (AvgIpc) is 3.41. The Bertz CT molecular complexity index is 675. The molecule has 0 aromatic carbocycles. The van der Waals surface area contributed by atoms with E-state index < -0.39 is 18.0 Å². The van der Waals surface area contributed by atoms with E-state index in [1.165, 1.54) is 19.8 Å². The number of carboxylic acids is 1. The van der Waals surface area contributed by atoms with E-state index in [2.05, 4.69) is 19.2 Å². The normalized spacial score (nSPS) is 24.8. The van der Waals surface area contributed by atoms with Crippen LogP contribution < -0.4 is 5.32 Å². The Labute approximate surface area is 195 Å². The maximum atomic E-state index is 12.6. The van der Waals surface area contributed by atoms with Crippen LogP contribution >= 0.6 is 0 Å². The monoisotopic (exact) mass is 469 g/mol. The fourth-order valence-electron chi connectivity index (χ4n) is 4.82. The van der Waals surface area contributed by atoms with Crippen LogP contribution in [0.1, 0.15) is 52.9 Å². The third kappa shape index (κ3) is 8.83. The molecule has 10 heteroatoms. The second-order valence-corrected chi connectivity index (χ2v) is 9.00. The second-order valence-electron chi connectivity index (χ2n) is 9.00. The molecule has 2 unspecified atom stereocenters. The highest BCUT2D eigenvalue weighted by atomic mass is 16.5. The molecule has 2 rings (SSSR count). The minimum atomic E-state index is -0.974. The molecule has 188 valence electrons. The first-order chi connectivity index (χ1) is 15.8. The van der Waals surface area contributed by atoms with Gasteiger partial charge in [-0.1, -0.05) is 39.5 Å². The molecule has 4 atom stereocenters. The van der Waals surface area contributed by atoms with Crippen molar-refractivity contribution in [1.29, 1.82) is 0 Å². The Morgan fingerprint density at radius 1 is 0.970 bits per heavy atom. The molecule has 2 amide bonds. The van der Waals surface area contributed by atoms with Crippen LogP contribution in [-0.2, 0) is 23.9 Å². The standard InChI is InChI=1S/C23H39N3O7/c1-4-6-18-19(7-5-2)20(18)15-33-23(31)24-9-8-21(28)26-11-10-25(13-22(29)30)17(12-26)14-32-16(3)27/h17-20H,4-15H2,1-3H3,(H,24,31)(H,29,30)/t17?,18-,19+,20?. The third-order valence-corrected chi connectivity index (χ3v) is 6.54. The summed E-state index contributed by atoms with van der Waals surface area (Å²) in [4.78, 5) is 50.2. The van der Waals surface area contributed by atoms with E-state index >= 15 is 0 Å². The zero-order valence-corrected chi connectivity index (χ0v) is 20.1. The van der Waals surface area contributed by atoms with E-state index in [4.69, 9.17) is 14.6 Å². The highest BCUT2D eigenvalue weighted by Crippen LogP contribution is 2.51. The van der Waals surface area contributed by atoms with Gasteiger partial charge in [0.2, 0.25) is 5.91 Å². The summed E-state index contributed by atoms with van der Waals surface area (Å²) in [7, 11) is 0. The second kappa shape index (κ2) is 13.4. The number of piperazine rings is 1. The lowest BCUT2D eigenvalue weighted by Crippen LogP contribution is -2.57. The molecule has 0 aromatic heterocycles. The molecule has 10 nitrogen and oxygen atoms in total. The number of hydrogen-bond donors (Lipinski definition) is 2. The van der Waals surface area contributed by atoms with E-state index in [1.54, 1.807) is 9.80 Å². The van der Waals surface area contributed by atoms with Gasteiger partial charge in [-0.15, -0.1) is 0 Å². The van der Waals surface area contributed by atoms with Crippen LogP contribution in [0.3, 0.4) is 0 Å². The van der Waals surface area contributed by atoms with Crippen LogP contribution in [0.25, 0.3) is 0 Å². The van der Waals surface area contributed by atoms with Crippen molar-refractivity contribution in [2.24, 2.45) is 17.8 Å². The molecular weight excluding hydrogens is 430 g/mol. The van der Waals surface area contributed by atoms with Crippen LogP contribution in [-0.4, -0.2) is 90.8 Å². The van der Waals surface area contributed by atoms with Crippen LogP contribution in [0.4, 0.5) is 4.79 Å². The number of amides is 2. The number of rotatable bonds is 13. The number of esters is 1. The number of hydrogen-bond acceptors (Lipinski definition) is 7. The fourth-order valence-corrected chi connectivity index (χ4v) is 4.82. The fraction of sp³-hybridized carbons (Fsp3) is 0.826. The Kier molecular flexibility index (Phi) is 10.9. The van der Waals surface area contributed by atoms with Crippen molar-refractivity contribution in [1.82, 2.24) is 15.1 Å². The smallest absolute Gasteiger partial charge is 0.407 e. The van der Waals surface area contributed by atoms with E-state index in [9.17, 15) is 19.2 Å². The lowest BCUT2D eigenvalue weighted by molar-refractivity contribution is -0.146. The molecule has 0 bridgehead atoms. The number of nitrogens with zero attached hydrogens (tertiary/aromatic N) is 2. The van der Waals surface area contributed by atoms with Crippen LogP contribution in [0.2, 0.25) is 0 Å². The van der Waals surface area contributed by atoms with Crippen LogP contribution in [0.5, 0.6) is 0 Å². The van der Waals surface area contributed by atoms with E-state index in [0.717, 1.165) is 12.8 Å². The summed E-state index contributed by atoms with van der Waals surface area (Å²) in [6.45, 7) is 7.10.